The molecule has 0 aromatic heterocycles. The van der Waals surface area contributed by atoms with Gasteiger partial charge >= 0.3 is 5.97 Å². The van der Waals surface area contributed by atoms with E-state index in [9.17, 15) is 9.59 Å². The molecule has 1 aromatic rings. The van der Waals surface area contributed by atoms with Gasteiger partial charge < -0.3 is 10.1 Å². The first-order chi connectivity index (χ1) is 10.0. The SMILES string of the molecule is CCN1CCOC(=O)C1CC(=O)Nc1ccc(Cl)cc1Cl. The molecule has 2 rings (SSSR count). The molecule has 0 bridgehead atoms. The number of morpholine rings is 1. The lowest BCUT2D eigenvalue weighted by Crippen LogP contribution is -2.50. The number of nitrogens with zero attached hydrogens (tertiary/aromatic N) is 1. The third-order valence-corrected chi connectivity index (χ3v) is 3.87. The van der Waals surface area contributed by atoms with Crippen LogP contribution in [0.4, 0.5) is 5.69 Å². The van der Waals surface area contributed by atoms with E-state index in [-0.39, 0.29) is 18.3 Å². The van der Waals surface area contributed by atoms with Gasteiger partial charge in [0.1, 0.15) is 12.6 Å². The zero-order valence-electron chi connectivity index (χ0n) is 11.6. The highest BCUT2D eigenvalue weighted by atomic mass is 35.5. The van der Waals surface area contributed by atoms with Crippen molar-refractivity contribution < 1.29 is 14.3 Å². The Morgan fingerprint density at radius 1 is 1.48 bits per heavy atom. The average Bonchev–Trinajstić information content (AvgIpc) is 2.44. The third kappa shape index (κ3) is 4.09. The Balaban J connectivity index is 2.01. The number of anilines is 1. The quantitative estimate of drug-likeness (QED) is 0.862. The van der Waals surface area contributed by atoms with Crippen molar-refractivity contribution in [3.05, 3.63) is 28.2 Å². The molecule has 1 aromatic carbocycles. The maximum Gasteiger partial charge on any atom is 0.323 e. The minimum Gasteiger partial charge on any atom is -0.463 e. The van der Waals surface area contributed by atoms with Gasteiger partial charge in [-0.15, -0.1) is 0 Å². The fourth-order valence-electron chi connectivity index (χ4n) is 2.22. The number of halogens is 2. The summed E-state index contributed by atoms with van der Waals surface area (Å²) >= 11 is 11.8. The molecule has 21 heavy (non-hydrogen) atoms. The van der Waals surface area contributed by atoms with Crippen molar-refractivity contribution in [3.63, 3.8) is 0 Å². The summed E-state index contributed by atoms with van der Waals surface area (Å²) in [6.07, 6.45) is 0.0334. The molecule has 114 valence electrons. The molecule has 5 nitrogen and oxygen atoms in total. The Kier molecular flexibility index (Phi) is 5.45. The maximum absolute atomic E-state index is 12.1. The minimum atomic E-state index is -0.546. The van der Waals surface area contributed by atoms with E-state index in [4.69, 9.17) is 27.9 Å². The average molecular weight is 331 g/mol. The maximum atomic E-state index is 12.1. The molecule has 7 heteroatoms. The number of likely N-dealkylation sites (N-methyl/N-ethyl adjacent to an activating group) is 1. The van der Waals surface area contributed by atoms with E-state index in [1.165, 1.54) is 0 Å². The first-order valence-electron chi connectivity index (χ1n) is 6.67. The number of cyclic esters (lactones) is 1. The second kappa shape index (κ2) is 7.11. The fraction of sp³-hybridized carbons (Fsp3) is 0.429. The summed E-state index contributed by atoms with van der Waals surface area (Å²) in [5.74, 6) is -0.651. The molecule has 1 atom stereocenters. The van der Waals surface area contributed by atoms with E-state index in [0.717, 1.165) is 0 Å². The number of carbonyl (C=O) groups is 2. The van der Waals surface area contributed by atoms with Gasteiger partial charge in [0.2, 0.25) is 5.91 Å². The highest BCUT2D eigenvalue weighted by molar-refractivity contribution is 6.36. The summed E-state index contributed by atoms with van der Waals surface area (Å²) in [4.78, 5) is 25.8. The number of benzene rings is 1. The van der Waals surface area contributed by atoms with Crippen molar-refractivity contribution in [2.45, 2.75) is 19.4 Å². The predicted octanol–water partition coefficient (Wildman–Crippen LogP) is 2.57. The number of rotatable bonds is 4. The van der Waals surface area contributed by atoms with Gasteiger partial charge in [0, 0.05) is 11.6 Å². The Bertz CT molecular complexity index is 551. The third-order valence-electron chi connectivity index (χ3n) is 3.33. The molecule has 1 N–H and O–H groups in total. The molecule has 0 saturated carbocycles. The van der Waals surface area contributed by atoms with E-state index < -0.39 is 6.04 Å². The molecule has 1 heterocycles. The summed E-state index contributed by atoms with van der Waals surface area (Å²) < 4.78 is 5.01. The molecule has 1 unspecified atom stereocenters. The van der Waals surface area contributed by atoms with Crippen LogP contribution in [0.1, 0.15) is 13.3 Å². The fourth-order valence-corrected chi connectivity index (χ4v) is 2.68. The topological polar surface area (TPSA) is 58.6 Å². The van der Waals surface area contributed by atoms with Crippen molar-refractivity contribution in [1.82, 2.24) is 4.90 Å². The van der Waals surface area contributed by atoms with Crippen LogP contribution < -0.4 is 5.32 Å². The number of nitrogens with one attached hydrogen (secondary N) is 1. The zero-order valence-corrected chi connectivity index (χ0v) is 13.1. The van der Waals surface area contributed by atoms with Crippen LogP contribution in [-0.4, -0.2) is 42.5 Å². The summed E-state index contributed by atoms with van der Waals surface area (Å²) in [6, 6.07) is 4.26. The Morgan fingerprint density at radius 2 is 2.24 bits per heavy atom. The Hall–Kier alpha value is -1.30. The zero-order chi connectivity index (χ0) is 15.4. The van der Waals surface area contributed by atoms with Gasteiger partial charge in [0.25, 0.3) is 0 Å². The summed E-state index contributed by atoms with van der Waals surface area (Å²) in [7, 11) is 0. The van der Waals surface area contributed by atoms with Crippen LogP contribution in [0.3, 0.4) is 0 Å². The standard InChI is InChI=1S/C14H16Cl2N2O3/c1-2-18-5-6-21-14(20)12(18)8-13(19)17-11-4-3-9(15)7-10(11)16/h3-4,7,12H,2,5-6,8H2,1H3,(H,17,19). The number of hydrogen-bond acceptors (Lipinski definition) is 4. The van der Waals surface area contributed by atoms with Crippen LogP contribution in [0, 0.1) is 0 Å². The normalized spacial score (nSPS) is 19.2. The summed E-state index contributed by atoms with van der Waals surface area (Å²) in [5.41, 5.74) is 0.471. The predicted molar refractivity (Wildman–Crippen MR) is 81.7 cm³/mol. The lowest BCUT2D eigenvalue weighted by Gasteiger charge is -2.32. The molecular weight excluding hydrogens is 315 g/mol. The second-order valence-corrected chi connectivity index (χ2v) is 5.53. The van der Waals surface area contributed by atoms with Gasteiger partial charge in [-0.25, -0.2) is 0 Å². The van der Waals surface area contributed by atoms with Crippen molar-refractivity contribution in [1.29, 1.82) is 0 Å². The van der Waals surface area contributed by atoms with Crippen LogP contribution in [-0.2, 0) is 14.3 Å². The summed E-state index contributed by atoms with van der Waals surface area (Å²) in [5, 5.41) is 3.53. The molecule has 1 saturated heterocycles. The highest BCUT2D eigenvalue weighted by Gasteiger charge is 2.32. The van der Waals surface area contributed by atoms with E-state index in [1.54, 1.807) is 18.2 Å². The van der Waals surface area contributed by atoms with Gasteiger partial charge in [-0.2, -0.15) is 0 Å². The van der Waals surface area contributed by atoms with Crippen molar-refractivity contribution in [2.75, 3.05) is 25.0 Å². The molecule has 1 fully saturated rings. The number of amides is 1. The molecule has 1 aliphatic rings. The van der Waals surface area contributed by atoms with E-state index in [2.05, 4.69) is 5.32 Å². The number of carbonyl (C=O) groups excluding carboxylic acids is 2. The van der Waals surface area contributed by atoms with Crippen molar-refractivity contribution in [2.24, 2.45) is 0 Å². The van der Waals surface area contributed by atoms with Gasteiger partial charge in [-0.3, -0.25) is 14.5 Å². The molecule has 0 radical (unpaired) electrons. The number of hydrogen-bond donors (Lipinski definition) is 1. The molecule has 1 aliphatic heterocycles. The first-order valence-corrected chi connectivity index (χ1v) is 7.42. The van der Waals surface area contributed by atoms with Gasteiger partial charge in [0.05, 0.1) is 17.1 Å². The van der Waals surface area contributed by atoms with E-state index in [1.807, 2.05) is 11.8 Å². The van der Waals surface area contributed by atoms with Crippen LogP contribution in [0.5, 0.6) is 0 Å². The van der Waals surface area contributed by atoms with Gasteiger partial charge in [-0.05, 0) is 24.7 Å². The number of ether oxygens (including phenoxy) is 1. The minimum absolute atomic E-state index is 0.0334. The lowest BCUT2D eigenvalue weighted by molar-refractivity contribution is -0.158. The monoisotopic (exact) mass is 330 g/mol. The Labute approximate surface area is 133 Å². The molecule has 1 amide bonds. The summed E-state index contributed by atoms with van der Waals surface area (Å²) in [6.45, 7) is 3.64. The van der Waals surface area contributed by atoms with Crippen LogP contribution in [0.2, 0.25) is 10.0 Å². The molecular formula is C14H16Cl2N2O3. The largest absolute Gasteiger partial charge is 0.463 e. The van der Waals surface area contributed by atoms with E-state index >= 15 is 0 Å². The Morgan fingerprint density at radius 3 is 2.90 bits per heavy atom. The second-order valence-electron chi connectivity index (χ2n) is 4.69. The van der Waals surface area contributed by atoms with Gasteiger partial charge in [0.15, 0.2) is 0 Å². The van der Waals surface area contributed by atoms with Crippen molar-refractivity contribution in [3.8, 4) is 0 Å². The smallest absolute Gasteiger partial charge is 0.323 e. The van der Waals surface area contributed by atoms with E-state index in [0.29, 0.717) is 35.4 Å². The lowest BCUT2D eigenvalue weighted by atomic mass is 10.1. The highest BCUT2D eigenvalue weighted by Crippen LogP contribution is 2.25. The van der Waals surface area contributed by atoms with Crippen molar-refractivity contribution >= 4 is 40.8 Å². The first kappa shape index (κ1) is 16.1. The molecule has 0 aliphatic carbocycles. The van der Waals surface area contributed by atoms with Crippen LogP contribution in [0.15, 0.2) is 18.2 Å². The number of esters is 1. The van der Waals surface area contributed by atoms with Crippen LogP contribution >= 0.6 is 23.2 Å². The van der Waals surface area contributed by atoms with Gasteiger partial charge in [-0.1, -0.05) is 30.1 Å². The van der Waals surface area contributed by atoms with Crippen LogP contribution in [0.25, 0.3) is 0 Å². The molecule has 0 spiro atoms.